The first-order chi connectivity index (χ1) is 6.98. The first-order valence-corrected chi connectivity index (χ1v) is 5.34. The molecule has 0 bridgehead atoms. The van der Waals surface area contributed by atoms with Crippen molar-refractivity contribution in [3.05, 3.63) is 54.4 Å². The molecule has 0 heterocycles. The average molecular weight is 197 g/mol. The Hall–Kier alpha value is -1.30. The Morgan fingerprint density at radius 3 is 2.33 bits per heavy atom. The first-order valence-electron chi connectivity index (χ1n) is 5.34. The summed E-state index contributed by atoms with van der Waals surface area (Å²) >= 11 is 0. The van der Waals surface area contributed by atoms with E-state index in [9.17, 15) is 0 Å². The van der Waals surface area contributed by atoms with Crippen LogP contribution in [0.1, 0.15) is 31.9 Å². The first kappa shape index (κ1) is 10.2. The van der Waals surface area contributed by atoms with Crippen LogP contribution < -0.4 is 0 Å². The molecule has 0 fully saturated rings. The van der Waals surface area contributed by atoms with Crippen LogP contribution in [0.3, 0.4) is 0 Å². The third-order valence-corrected chi connectivity index (χ3v) is 2.81. The average Bonchev–Trinajstić information content (AvgIpc) is 2.16. The van der Waals surface area contributed by atoms with Crippen LogP contribution in [0.4, 0.5) is 0 Å². The molecule has 15 heavy (non-hydrogen) atoms. The normalized spacial score (nSPS) is 12.0. The summed E-state index contributed by atoms with van der Waals surface area (Å²) in [5.74, 6) is 0. The third-order valence-electron chi connectivity index (χ3n) is 2.81. The summed E-state index contributed by atoms with van der Waals surface area (Å²) in [7, 11) is 0. The van der Waals surface area contributed by atoms with E-state index in [1.807, 2.05) is 0 Å². The van der Waals surface area contributed by atoms with Crippen LogP contribution in [0.15, 0.2) is 36.4 Å². The molecule has 2 aromatic rings. The van der Waals surface area contributed by atoms with Crippen molar-refractivity contribution >= 4 is 10.8 Å². The zero-order chi connectivity index (χ0) is 11.1. The van der Waals surface area contributed by atoms with Crippen LogP contribution >= 0.6 is 0 Å². The van der Waals surface area contributed by atoms with Crippen molar-refractivity contribution in [2.45, 2.75) is 26.2 Å². The highest BCUT2D eigenvalue weighted by Crippen LogP contribution is 2.28. The summed E-state index contributed by atoms with van der Waals surface area (Å²) in [5.41, 5.74) is 2.67. The summed E-state index contributed by atoms with van der Waals surface area (Å²) in [5, 5.41) is 2.54. The Morgan fingerprint density at radius 2 is 1.67 bits per heavy atom. The van der Waals surface area contributed by atoms with E-state index in [1.165, 1.54) is 16.3 Å². The molecule has 0 aliphatic heterocycles. The van der Waals surface area contributed by atoms with Gasteiger partial charge >= 0.3 is 0 Å². The summed E-state index contributed by atoms with van der Waals surface area (Å²) in [6.45, 7) is 10.8. The zero-order valence-corrected chi connectivity index (χ0v) is 9.67. The molecule has 1 radical (unpaired) electrons. The lowest BCUT2D eigenvalue weighted by atomic mass is 9.84. The Bertz CT molecular complexity index is 487. The van der Waals surface area contributed by atoms with E-state index < -0.39 is 0 Å². The van der Waals surface area contributed by atoms with Gasteiger partial charge in [-0.2, -0.15) is 0 Å². The second kappa shape index (κ2) is 3.37. The molecule has 0 unspecified atom stereocenters. The molecule has 0 amide bonds. The second-order valence-electron chi connectivity index (χ2n) is 5.11. The number of rotatable bonds is 0. The van der Waals surface area contributed by atoms with E-state index in [2.05, 4.69) is 64.1 Å². The predicted octanol–water partition coefficient (Wildman–Crippen LogP) is 4.32. The molecule has 0 aliphatic carbocycles. The zero-order valence-electron chi connectivity index (χ0n) is 9.67. The van der Waals surface area contributed by atoms with Gasteiger partial charge in [-0.3, -0.25) is 0 Å². The van der Waals surface area contributed by atoms with Crippen LogP contribution in [-0.4, -0.2) is 0 Å². The van der Waals surface area contributed by atoms with Crippen molar-refractivity contribution in [1.29, 1.82) is 0 Å². The van der Waals surface area contributed by atoms with Crippen LogP contribution in [0.2, 0.25) is 0 Å². The lowest BCUT2D eigenvalue weighted by Crippen LogP contribution is -2.11. The van der Waals surface area contributed by atoms with Crippen LogP contribution in [0.25, 0.3) is 10.8 Å². The van der Waals surface area contributed by atoms with Gasteiger partial charge < -0.3 is 0 Å². The predicted molar refractivity (Wildman–Crippen MR) is 67.1 cm³/mol. The summed E-state index contributed by atoms with van der Waals surface area (Å²) in [4.78, 5) is 0. The molecule has 2 aromatic carbocycles. The van der Waals surface area contributed by atoms with Gasteiger partial charge in [0.25, 0.3) is 0 Å². The lowest BCUT2D eigenvalue weighted by molar-refractivity contribution is 0.591. The number of hydrogen-bond donors (Lipinski definition) is 0. The molecule has 0 spiro atoms. The van der Waals surface area contributed by atoms with Gasteiger partial charge in [0, 0.05) is 0 Å². The lowest BCUT2D eigenvalue weighted by Gasteiger charge is -2.20. The van der Waals surface area contributed by atoms with Gasteiger partial charge in [0.05, 0.1) is 0 Å². The molecule has 0 saturated carbocycles. The highest BCUT2D eigenvalue weighted by Gasteiger charge is 2.14. The largest absolute Gasteiger partial charge is 0.0616 e. The molecule has 77 valence electrons. The summed E-state index contributed by atoms with van der Waals surface area (Å²) < 4.78 is 0. The van der Waals surface area contributed by atoms with E-state index in [-0.39, 0.29) is 5.41 Å². The maximum atomic E-state index is 4.12. The maximum absolute atomic E-state index is 4.12. The van der Waals surface area contributed by atoms with Gasteiger partial charge in [-0.1, -0.05) is 57.2 Å². The number of fused-ring (bicyclic) bond motifs is 1. The molecule has 0 heteroatoms. The Labute approximate surface area is 91.9 Å². The van der Waals surface area contributed by atoms with E-state index in [1.54, 1.807) is 0 Å². The maximum Gasteiger partial charge on any atom is -0.0132 e. The molecular formula is C15H17. The van der Waals surface area contributed by atoms with Gasteiger partial charge in [0.1, 0.15) is 0 Å². The quantitative estimate of drug-likeness (QED) is 0.590. The van der Waals surface area contributed by atoms with E-state index >= 15 is 0 Å². The standard InChI is InChI=1S/C15H17/c1-11-9-13(15(2,3)4)10-12-7-5-6-8-14(11)12/h5-10H,1H2,2-4H3. The van der Waals surface area contributed by atoms with Gasteiger partial charge in [0.2, 0.25) is 0 Å². The third kappa shape index (κ3) is 1.90. The van der Waals surface area contributed by atoms with Crippen molar-refractivity contribution in [3.63, 3.8) is 0 Å². The Balaban J connectivity index is 2.73. The smallest absolute Gasteiger partial charge is 0.0132 e. The van der Waals surface area contributed by atoms with Gasteiger partial charge in [-0.15, -0.1) is 0 Å². The van der Waals surface area contributed by atoms with Crippen molar-refractivity contribution in [2.24, 2.45) is 0 Å². The van der Waals surface area contributed by atoms with Crippen molar-refractivity contribution < 1.29 is 0 Å². The van der Waals surface area contributed by atoms with Gasteiger partial charge in [0.15, 0.2) is 0 Å². The fourth-order valence-electron chi connectivity index (χ4n) is 1.82. The van der Waals surface area contributed by atoms with Crippen LogP contribution in [0, 0.1) is 6.92 Å². The van der Waals surface area contributed by atoms with Crippen LogP contribution in [0.5, 0.6) is 0 Å². The van der Waals surface area contributed by atoms with Crippen LogP contribution in [-0.2, 0) is 5.41 Å². The molecule has 0 aromatic heterocycles. The molecule has 0 nitrogen and oxygen atoms in total. The highest BCUT2D eigenvalue weighted by molar-refractivity contribution is 5.87. The van der Waals surface area contributed by atoms with Crippen molar-refractivity contribution in [2.75, 3.05) is 0 Å². The monoisotopic (exact) mass is 197 g/mol. The molecular weight excluding hydrogens is 180 g/mol. The van der Waals surface area contributed by atoms with E-state index in [0.29, 0.717) is 0 Å². The molecule has 0 saturated heterocycles. The van der Waals surface area contributed by atoms with E-state index in [4.69, 9.17) is 0 Å². The second-order valence-corrected chi connectivity index (χ2v) is 5.11. The minimum Gasteiger partial charge on any atom is -0.0616 e. The SMILES string of the molecule is [CH2]c1cc(C(C)(C)C)cc2ccccc12. The molecule has 0 atom stereocenters. The summed E-state index contributed by atoms with van der Waals surface area (Å²) in [6, 6.07) is 12.9. The Kier molecular flexibility index (Phi) is 2.30. The van der Waals surface area contributed by atoms with Crippen molar-refractivity contribution in [1.82, 2.24) is 0 Å². The molecule has 0 aliphatic rings. The fourth-order valence-corrected chi connectivity index (χ4v) is 1.82. The highest BCUT2D eigenvalue weighted by atomic mass is 14.2. The van der Waals surface area contributed by atoms with Gasteiger partial charge in [-0.05, 0) is 34.2 Å². The van der Waals surface area contributed by atoms with Gasteiger partial charge in [-0.25, -0.2) is 0 Å². The topological polar surface area (TPSA) is 0 Å². The Morgan fingerprint density at radius 1 is 1.00 bits per heavy atom. The minimum atomic E-state index is 0.191. The summed E-state index contributed by atoms with van der Waals surface area (Å²) in [6.07, 6.45) is 0. The van der Waals surface area contributed by atoms with Crippen molar-refractivity contribution in [3.8, 4) is 0 Å². The fraction of sp³-hybridized carbons (Fsp3) is 0.267. The molecule has 2 rings (SSSR count). The van der Waals surface area contributed by atoms with E-state index in [0.717, 1.165) is 5.56 Å². The number of benzene rings is 2. The minimum absolute atomic E-state index is 0.191. The number of hydrogen-bond acceptors (Lipinski definition) is 0. The molecule has 0 N–H and O–H groups in total.